The Morgan fingerprint density at radius 3 is 2.83 bits per heavy atom. The number of benzene rings is 1. The monoisotopic (exact) mass is 492 g/mol. The number of amides is 1. The van der Waals surface area contributed by atoms with Crippen LogP contribution in [-0.4, -0.2) is 24.0 Å². The maximum absolute atomic E-state index is 12.6. The highest BCUT2D eigenvalue weighted by molar-refractivity contribution is 6.30. The summed E-state index contributed by atoms with van der Waals surface area (Å²) in [7, 11) is 0. The van der Waals surface area contributed by atoms with E-state index in [1.807, 2.05) is 72.9 Å². The van der Waals surface area contributed by atoms with E-state index < -0.39 is 12.2 Å². The third-order valence-corrected chi connectivity index (χ3v) is 5.51. The van der Waals surface area contributed by atoms with Crippen LogP contribution in [0.25, 0.3) is 11.3 Å². The van der Waals surface area contributed by atoms with Crippen molar-refractivity contribution in [1.29, 1.82) is 0 Å². The Morgan fingerprint density at radius 2 is 2.06 bits per heavy atom. The minimum atomic E-state index is -0.617. The van der Waals surface area contributed by atoms with Gasteiger partial charge in [-0.1, -0.05) is 102 Å². The lowest BCUT2D eigenvalue weighted by Gasteiger charge is -2.16. The molecule has 1 N–H and O–H groups in total. The number of nitrogens with one attached hydrogen (secondary N) is 1. The molecule has 0 aliphatic heterocycles. The van der Waals surface area contributed by atoms with Crippen molar-refractivity contribution < 1.29 is 18.8 Å². The quantitative estimate of drug-likeness (QED) is 0.276. The molecule has 0 spiro atoms. The number of hydrogen-bond acceptors (Lipinski definition) is 5. The average Bonchev–Trinajstić information content (AvgIpc) is 3.05. The van der Waals surface area contributed by atoms with Crippen LogP contribution < -0.4 is 5.32 Å². The van der Waals surface area contributed by atoms with Gasteiger partial charge >= 0.3 is 6.09 Å². The largest absolute Gasteiger partial charge is 0.441 e. The molecule has 0 fully saturated rings. The van der Waals surface area contributed by atoms with E-state index >= 15 is 0 Å². The zero-order valence-corrected chi connectivity index (χ0v) is 20.6. The number of halogens is 1. The summed E-state index contributed by atoms with van der Waals surface area (Å²) in [6, 6.07) is 7.68. The predicted octanol–water partition coefficient (Wildman–Crippen LogP) is 7.41. The number of hydrogen-bond donors (Lipinski definition) is 1. The molecular formula is C28H29ClN2O4. The molecule has 3 rings (SSSR count). The van der Waals surface area contributed by atoms with Gasteiger partial charge in [0, 0.05) is 22.6 Å². The summed E-state index contributed by atoms with van der Waals surface area (Å²) in [6.45, 7) is 8.14. The van der Waals surface area contributed by atoms with Gasteiger partial charge in [-0.25, -0.2) is 4.79 Å². The van der Waals surface area contributed by atoms with Crippen LogP contribution in [0, 0.1) is 6.92 Å². The highest BCUT2D eigenvalue weighted by Crippen LogP contribution is 2.31. The van der Waals surface area contributed by atoms with Gasteiger partial charge in [-0.05, 0) is 19.4 Å². The van der Waals surface area contributed by atoms with Crippen molar-refractivity contribution in [3.8, 4) is 11.3 Å². The summed E-state index contributed by atoms with van der Waals surface area (Å²) >= 11 is 6.34. The standard InChI is InChI=1S/C28H29ClN2O4/c1-4-5-6-7-11-18-33-19-22-14-16-23(17-15-22)27-26(20(2)31-35-27)30-28(32)34-21(3)24-12-9-8-10-13-25(24)29/h4-12,14-17,21H,1,13,18-19H2,2-3H3,(H,30,32)/b6-5-,11-7-. The number of aromatic nitrogens is 1. The summed E-state index contributed by atoms with van der Waals surface area (Å²) < 4.78 is 16.7. The number of aryl methyl sites for hydroxylation is 1. The zero-order chi connectivity index (χ0) is 25.0. The topological polar surface area (TPSA) is 73.6 Å². The molecule has 1 aliphatic carbocycles. The van der Waals surface area contributed by atoms with Gasteiger partial charge in [-0.2, -0.15) is 0 Å². The Kier molecular flexibility index (Phi) is 9.90. The lowest BCUT2D eigenvalue weighted by molar-refractivity contribution is 0.138. The number of ether oxygens (including phenoxy) is 2. The first-order valence-corrected chi connectivity index (χ1v) is 11.6. The minimum Gasteiger partial charge on any atom is -0.441 e. The molecule has 0 radical (unpaired) electrons. The van der Waals surface area contributed by atoms with E-state index in [4.69, 9.17) is 25.6 Å². The molecule has 1 heterocycles. The van der Waals surface area contributed by atoms with E-state index in [2.05, 4.69) is 17.1 Å². The van der Waals surface area contributed by atoms with Gasteiger partial charge in [0.2, 0.25) is 0 Å². The molecule has 0 bridgehead atoms. The molecule has 0 saturated heterocycles. The van der Waals surface area contributed by atoms with Gasteiger partial charge in [0.1, 0.15) is 17.5 Å². The van der Waals surface area contributed by atoms with Crippen LogP contribution in [-0.2, 0) is 16.1 Å². The molecule has 35 heavy (non-hydrogen) atoms. The van der Waals surface area contributed by atoms with Crippen molar-refractivity contribution in [3.05, 3.63) is 107 Å². The van der Waals surface area contributed by atoms with Crippen molar-refractivity contribution >= 4 is 23.4 Å². The van der Waals surface area contributed by atoms with Crippen LogP contribution in [0.1, 0.15) is 24.6 Å². The molecule has 1 amide bonds. The van der Waals surface area contributed by atoms with Crippen LogP contribution in [0.3, 0.4) is 0 Å². The first kappa shape index (κ1) is 26.0. The molecule has 2 aromatic rings. The zero-order valence-electron chi connectivity index (χ0n) is 19.9. The van der Waals surface area contributed by atoms with Crippen LogP contribution in [0.5, 0.6) is 0 Å². The summed E-state index contributed by atoms with van der Waals surface area (Å²) in [6.07, 6.45) is 16.3. The predicted molar refractivity (Wildman–Crippen MR) is 140 cm³/mol. The van der Waals surface area contributed by atoms with E-state index in [1.54, 1.807) is 19.9 Å². The number of carbonyl (C=O) groups is 1. The van der Waals surface area contributed by atoms with Crippen molar-refractivity contribution in [3.63, 3.8) is 0 Å². The second-order valence-electron chi connectivity index (χ2n) is 7.76. The molecule has 1 aliphatic rings. The van der Waals surface area contributed by atoms with E-state index in [-0.39, 0.29) is 0 Å². The minimum absolute atomic E-state index is 0.451. The highest BCUT2D eigenvalue weighted by Gasteiger charge is 2.21. The second kappa shape index (κ2) is 13.3. The molecule has 1 unspecified atom stereocenters. The van der Waals surface area contributed by atoms with Gasteiger partial charge in [0.15, 0.2) is 5.76 Å². The van der Waals surface area contributed by atoms with Crippen LogP contribution >= 0.6 is 11.6 Å². The number of carbonyl (C=O) groups excluding carboxylic acids is 1. The summed E-state index contributed by atoms with van der Waals surface area (Å²) in [5.41, 5.74) is 3.55. The number of rotatable bonds is 10. The molecule has 0 saturated carbocycles. The Balaban J connectivity index is 1.60. The molecule has 1 aromatic heterocycles. The van der Waals surface area contributed by atoms with Crippen molar-refractivity contribution in [2.45, 2.75) is 33.0 Å². The van der Waals surface area contributed by atoms with Gasteiger partial charge in [-0.15, -0.1) is 0 Å². The van der Waals surface area contributed by atoms with E-state index in [9.17, 15) is 4.79 Å². The van der Waals surface area contributed by atoms with Crippen LogP contribution in [0.15, 0.2) is 101 Å². The fraction of sp³-hybridized carbons (Fsp3) is 0.214. The Labute approximate surface area is 210 Å². The number of allylic oxidation sites excluding steroid dienone is 8. The molecular weight excluding hydrogens is 464 g/mol. The van der Waals surface area contributed by atoms with Gasteiger partial charge < -0.3 is 14.0 Å². The molecule has 6 nitrogen and oxygen atoms in total. The smallest absolute Gasteiger partial charge is 0.412 e. The Bertz CT molecular complexity index is 1170. The molecule has 1 aromatic carbocycles. The second-order valence-corrected chi connectivity index (χ2v) is 8.21. The summed E-state index contributed by atoms with van der Waals surface area (Å²) in [4.78, 5) is 12.6. The SMILES string of the molecule is C=C/C=C\C=C/COCc1ccc(-c2onc(C)c2NC(=O)OC(C)C2=C(Cl)CC=CC=C2)cc1. The van der Waals surface area contributed by atoms with Crippen LogP contribution in [0.2, 0.25) is 0 Å². The number of anilines is 1. The van der Waals surface area contributed by atoms with Crippen LogP contribution in [0.4, 0.5) is 10.5 Å². The van der Waals surface area contributed by atoms with Gasteiger partial charge in [0.05, 0.1) is 13.2 Å². The first-order chi connectivity index (χ1) is 17.0. The average molecular weight is 493 g/mol. The van der Waals surface area contributed by atoms with Crippen molar-refractivity contribution in [2.75, 3.05) is 11.9 Å². The maximum Gasteiger partial charge on any atom is 0.412 e. The van der Waals surface area contributed by atoms with Crippen molar-refractivity contribution in [2.24, 2.45) is 0 Å². The summed E-state index contributed by atoms with van der Waals surface area (Å²) in [5, 5.41) is 7.42. The highest BCUT2D eigenvalue weighted by atomic mass is 35.5. The third-order valence-electron chi connectivity index (χ3n) is 5.14. The Morgan fingerprint density at radius 1 is 1.26 bits per heavy atom. The fourth-order valence-corrected chi connectivity index (χ4v) is 3.62. The van der Waals surface area contributed by atoms with Gasteiger partial charge in [-0.3, -0.25) is 5.32 Å². The summed E-state index contributed by atoms with van der Waals surface area (Å²) in [5.74, 6) is 0.451. The molecule has 1 atom stereocenters. The maximum atomic E-state index is 12.6. The van der Waals surface area contributed by atoms with E-state index in [1.165, 1.54) is 0 Å². The number of nitrogens with zero attached hydrogens (tertiary/aromatic N) is 1. The Hall–Kier alpha value is -3.61. The fourth-order valence-electron chi connectivity index (χ4n) is 3.32. The van der Waals surface area contributed by atoms with Gasteiger partial charge in [0.25, 0.3) is 0 Å². The normalized spacial score (nSPS) is 14.5. The first-order valence-electron chi connectivity index (χ1n) is 11.3. The van der Waals surface area contributed by atoms with E-state index in [0.717, 1.165) is 16.7 Å². The molecule has 7 heteroatoms. The molecule has 182 valence electrons. The third kappa shape index (κ3) is 7.70. The lowest BCUT2D eigenvalue weighted by Crippen LogP contribution is -2.22. The van der Waals surface area contributed by atoms with Crippen molar-refractivity contribution in [1.82, 2.24) is 5.16 Å². The van der Waals surface area contributed by atoms with E-state index in [0.29, 0.717) is 41.8 Å². The lowest BCUT2D eigenvalue weighted by atomic mass is 10.1.